The van der Waals surface area contributed by atoms with E-state index in [-0.39, 0.29) is 36.1 Å². The minimum Gasteiger partial charge on any atom is -0.453 e. The minimum absolute atomic E-state index is 0.127. The summed E-state index contributed by atoms with van der Waals surface area (Å²) in [5, 5.41) is 2.41. The van der Waals surface area contributed by atoms with Gasteiger partial charge in [0, 0.05) is 12.1 Å². The number of benzene rings is 2. The molecule has 1 saturated carbocycles. The second kappa shape index (κ2) is 9.93. The Morgan fingerprint density at radius 1 is 1.17 bits per heavy atom. The number of imidazole rings is 1. The number of H-pyrrole nitrogens is 1. The number of methoxy groups -OCH3 is 1. The summed E-state index contributed by atoms with van der Waals surface area (Å²) in [7, 11) is -4.56. The molecule has 1 aromatic heterocycles. The second-order valence-electron chi connectivity index (χ2n) is 10.6. The highest BCUT2D eigenvalue weighted by atomic mass is 32.2. The third-order valence-electron chi connectivity index (χ3n) is 8.32. The Kier molecular flexibility index (Phi) is 6.63. The minimum atomic E-state index is -5.79. The highest BCUT2D eigenvalue weighted by Crippen LogP contribution is 2.56. The number of halogens is 3. The fraction of sp³-hybridized carbons (Fsp3) is 0.444. The van der Waals surface area contributed by atoms with Crippen LogP contribution in [0.2, 0.25) is 0 Å². The van der Waals surface area contributed by atoms with Crippen molar-refractivity contribution in [3.05, 3.63) is 47.3 Å². The van der Waals surface area contributed by atoms with E-state index in [1.54, 1.807) is 11.0 Å². The maximum Gasteiger partial charge on any atom is 0.534 e. The Labute approximate surface area is 233 Å². The molecule has 2 heterocycles. The standard InChI is InChI=1S/C27H27F3N4O6S/c1-39-26(36)31-13-23(35)34-10-2-3-21(34)25-32-19-8-5-15(12-20(19)33-25)17-7-9-22(40-41(37,38)27(28,29)30)18-11-14-4-6-16(14)24(17)18/h5,7-9,12,14,16,21H,2-4,6,10-11,13H2,1H3,(H,31,36)(H,32,33). The molecule has 10 nitrogen and oxygen atoms in total. The summed E-state index contributed by atoms with van der Waals surface area (Å²) in [5.74, 6) is 0.463. The van der Waals surface area contributed by atoms with Gasteiger partial charge in [0.2, 0.25) is 5.91 Å². The van der Waals surface area contributed by atoms with Crippen molar-refractivity contribution in [1.29, 1.82) is 0 Å². The molecule has 41 heavy (non-hydrogen) atoms. The lowest BCUT2D eigenvalue weighted by Crippen LogP contribution is -2.40. The van der Waals surface area contributed by atoms with Crippen LogP contribution in [-0.2, 0) is 26.1 Å². The molecule has 218 valence electrons. The van der Waals surface area contributed by atoms with Crippen molar-refractivity contribution in [3.8, 4) is 16.9 Å². The van der Waals surface area contributed by atoms with Gasteiger partial charge in [0.05, 0.1) is 24.2 Å². The summed E-state index contributed by atoms with van der Waals surface area (Å²) in [6.45, 7) is 0.340. The lowest BCUT2D eigenvalue weighted by molar-refractivity contribution is -0.131. The lowest BCUT2D eigenvalue weighted by Gasteiger charge is -2.31. The molecular weight excluding hydrogens is 565 g/mol. The third-order valence-corrected chi connectivity index (χ3v) is 9.29. The number of rotatable bonds is 6. The first-order valence-electron chi connectivity index (χ1n) is 13.2. The smallest absolute Gasteiger partial charge is 0.453 e. The fourth-order valence-corrected chi connectivity index (χ4v) is 6.74. The molecule has 0 bridgehead atoms. The number of amides is 2. The van der Waals surface area contributed by atoms with E-state index in [0.717, 1.165) is 41.5 Å². The molecular formula is C27H27F3N4O6S. The fourth-order valence-electron chi connectivity index (χ4n) is 6.26. The molecule has 2 fully saturated rings. The topological polar surface area (TPSA) is 131 Å². The van der Waals surface area contributed by atoms with E-state index in [1.807, 2.05) is 18.2 Å². The predicted octanol–water partition coefficient (Wildman–Crippen LogP) is 4.53. The number of alkyl halides is 3. The molecule has 14 heteroatoms. The van der Waals surface area contributed by atoms with Gasteiger partial charge in [0.15, 0.2) is 0 Å². The van der Waals surface area contributed by atoms with Crippen LogP contribution in [-0.4, -0.2) is 61.0 Å². The van der Waals surface area contributed by atoms with Gasteiger partial charge in [-0.05, 0) is 78.8 Å². The van der Waals surface area contributed by atoms with E-state index >= 15 is 0 Å². The van der Waals surface area contributed by atoms with Gasteiger partial charge in [0.25, 0.3) is 0 Å². The van der Waals surface area contributed by atoms with Crippen LogP contribution in [0, 0.1) is 5.92 Å². The number of hydrogen-bond acceptors (Lipinski definition) is 7. The summed E-state index contributed by atoms with van der Waals surface area (Å²) >= 11 is 0. The molecule has 2 aromatic carbocycles. The maximum atomic E-state index is 13.0. The predicted molar refractivity (Wildman–Crippen MR) is 140 cm³/mol. The summed E-state index contributed by atoms with van der Waals surface area (Å²) in [6.07, 6.45) is 3.04. The van der Waals surface area contributed by atoms with Crippen molar-refractivity contribution in [1.82, 2.24) is 20.2 Å². The number of alkyl carbamates (subject to hydrolysis) is 1. The number of aromatic amines is 1. The molecule has 3 aromatic rings. The van der Waals surface area contributed by atoms with Gasteiger partial charge >= 0.3 is 21.7 Å². The van der Waals surface area contributed by atoms with E-state index in [2.05, 4.69) is 19.2 Å². The lowest BCUT2D eigenvalue weighted by atomic mass is 9.73. The van der Waals surface area contributed by atoms with Crippen molar-refractivity contribution >= 4 is 33.2 Å². The molecule has 0 spiro atoms. The van der Waals surface area contributed by atoms with Crippen molar-refractivity contribution in [2.75, 3.05) is 20.2 Å². The van der Waals surface area contributed by atoms with Crippen LogP contribution in [0.4, 0.5) is 18.0 Å². The largest absolute Gasteiger partial charge is 0.534 e. The van der Waals surface area contributed by atoms with Gasteiger partial charge < -0.3 is 24.1 Å². The van der Waals surface area contributed by atoms with Gasteiger partial charge in [0.1, 0.15) is 18.1 Å². The molecule has 2 N–H and O–H groups in total. The molecule has 2 amide bonds. The zero-order valence-electron chi connectivity index (χ0n) is 22.0. The van der Waals surface area contributed by atoms with E-state index in [0.29, 0.717) is 36.3 Å². The van der Waals surface area contributed by atoms with Gasteiger partial charge in [-0.25, -0.2) is 9.78 Å². The highest BCUT2D eigenvalue weighted by molar-refractivity contribution is 7.88. The number of hydrogen-bond donors (Lipinski definition) is 2. The number of nitrogens with zero attached hydrogens (tertiary/aromatic N) is 2. The number of nitrogens with one attached hydrogen (secondary N) is 2. The number of aromatic nitrogens is 2. The van der Waals surface area contributed by atoms with Crippen molar-refractivity contribution in [2.45, 2.75) is 49.6 Å². The van der Waals surface area contributed by atoms with E-state index in [4.69, 9.17) is 4.98 Å². The Morgan fingerprint density at radius 3 is 2.68 bits per heavy atom. The van der Waals surface area contributed by atoms with Crippen molar-refractivity contribution in [3.63, 3.8) is 0 Å². The number of carbonyl (C=O) groups excluding carboxylic acids is 2. The first kappa shape index (κ1) is 27.4. The normalized spacial score (nSPS) is 21.8. The van der Waals surface area contributed by atoms with Crippen LogP contribution < -0.4 is 9.50 Å². The monoisotopic (exact) mass is 592 g/mol. The average Bonchev–Trinajstić information content (AvgIpc) is 3.62. The van der Waals surface area contributed by atoms with Crippen LogP contribution in [0.3, 0.4) is 0 Å². The van der Waals surface area contributed by atoms with Gasteiger partial charge in [-0.2, -0.15) is 21.6 Å². The third kappa shape index (κ3) is 4.77. The summed E-state index contributed by atoms with van der Waals surface area (Å²) in [5.41, 5.74) is -1.14. The first-order valence-corrected chi connectivity index (χ1v) is 14.7. The first-order chi connectivity index (χ1) is 19.5. The summed E-state index contributed by atoms with van der Waals surface area (Å²) in [4.78, 5) is 33.8. The zero-order valence-corrected chi connectivity index (χ0v) is 22.8. The number of fused-ring (bicyclic) bond motifs is 4. The zero-order chi connectivity index (χ0) is 29.1. The van der Waals surface area contributed by atoms with Gasteiger partial charge in [-0.15, -0.1) is 0 Å². The molecule has 3 aliphatic rings. The quantitative estimate of drug-likeness (QED) is 0.318. The van der Waals surface area contributed by atoms with Crippen LogP contribution >= 0.6 is 0 Å². The summed E-state index contributed by atoms with van der Waals surface area (Å²) in [6, 6.07) is 8.24. The number of carbonyl (C=O) groups is 2. The maximum absolute atomic E-state index is 13.0. The van der Waals surface area contributed by atoms with Gasteiger partial charge in [-0.1, -0.05) is 12.1 Å². The molecule has 2 aliphatic carbocycles. The Hall–Kier alpha value is -3.81. The van der Waals surface area contributed by atoms with Crippen molar-refractivity contribution < 1.29 is 40.1 Å². The van der Waals surface area contributed by atoms with Crippen LogP contribution in [0.1, 0.15) is 54.6 Å². The Morgan fingerprint density at radius 2 is 1.98 bits per heavy atom. The number of ether oxygens (including phenoxy) is 1. The van der Waals surface area contributed by atoms with Gasteiger partial charge in [-0.3, -0.25) is 4.79 Å². The molecule has 3 atom stereocenters. The summed E-state index contributed by atoms with van der Waals surface area (Å²) < 4.78 is 71.7. The SMILES string of the molecule is COC(=O)NCC(=O)N1CCCC1c1nc2ccc(-c3ccc(OS(=O)(=O)C(F)(F)F)c4c3C3CCC3C4)cc2[nH]1. The van der Waals surface area contributed by atoms with Crippen LogP contribution in [0.5, 0.6) is 5.75 Å². The Balaban J connectivity index is 1.31. The van der Waals surface area contributed by atoms with E-state index < -0.39 is 21.7 Å². The molecule has 6 rings (SSSR count). The van der Waals surface area contributed by atoms with E-state index in [9.17, 15) is 31.2 Å². The average molecular weight is 593 g/mol. The highest BCUT2D eigenvalue weighted by Gasteiger charge is 2.50. The molecule has 1 aliphatic heterocycles. The van der Waals surface area contributed by atoms with E-state index in [1.165, 1.54) is 13.2 Å². The second-order valence-corrected chi connectivity index (χ2v) is 12.1. The molecule has 1 saturated heterocycles. The molecule has 3 unspecified atom stereocenters. The molecule has 0 radical (unpaired) electrons. The van der Waals surface area contributed by atoms with Crippen LogP contribution in [0.25, 0.3) is 22.2 Å². The Bertz CT molecular complexity index is 1650. The van der Waals surface area contributed by atoms with Crippen LogP contribution in [0.15, 0.2) is 30.3 Å². The number of likely N-dealkylation sites (tertiary alicyclic amines) is 1. The van der Waals surface area contributed by atoms with Crippen molar-refractivity contribution in [2.24, 2.45) is 5.92 Å².